The Kier molecular flexibility index (Phi) is 5.02. The average Bonchev–Trinajstić information content (AvgIpc) is 2.22. The van der Waals surface area contributed by atoms with E-state index in [2.05, 4.69) is 0 Å². The zero-order valence-electron chi connectivity index (χ0n) is 13.1. The van der Waals surface area contributed by atoms with Crippen molar-refractivity contribution in [2.75, 3.05) is 26.2 Å². The van der Waals surface area contributed by atoms with Gasteiger partial charge >= 0.3 is 12.0 Å². The summed E-state index contributed by atoms with van der Waals surface area (Å²) in [6, 6.07) is -0.223. The number of morpholine rings is 1. The third-order valence-electron chi connectivity index (χ3n) is 3.06. The Morgan fingerprint density at radius 1 is 1.20 bits per heavy atom. The molecule has 2 amide bonds. The lowest BCUT2D eigenvalue weighted by atomic mass is 9.99. The molecule has 20 heavy (non-hydrogen) atoms. The molecule has 1 N–H and O–H groups in total. The summed E-state index contributed by atoms with van der Waals surface area (Å²) in [6.45, 7) is 10.8. The first-order chi connectivity index (χ1) is 9.06. The van der Waals surface area contributed by atoms with Crippen molar-refractivity contribution < 1.29 is 19.4 Å². The fourth-order valence-corrected chi connectivity index (χ4v) is 2.80. The highest BCUT2D eigenvalue weighted by Crippen LogP contribution is 2.28. The van der Waals surface area contributed by atoms with Crippen LogP contribution in [0.3, 0.4) is 0 Å². The fraction of sp³-hybridized carbons (Fsp3) is 0.857. The summed E-state index contributed by atoms with van der Waals surface area (Å²) in [5.41, 5.74) is -0.864. The first-order valence-corrected chi connectivity index (χ1v) is 7.02. The summed E-state index contributed by atoms with van der Waals surface area (Å²) in [7, 11) is 0. The predicted molar refractivity (Wildman–Crippen MR) is 75.7 cm³/mol. The van der Waals surface area contributed by atoms with Gasteiger partial charge < -0.3 is 19.6 Å². The molecule has 0 aliphatic carbocycles. The summed E-state index contributed by atoms with van der Waals surface area (Å²) in [5.74, 6) is -0.987. The summed E-state index contributed by atoms with van der Waals surface area (Å²) in [6.07, 6.45) is 0.732. The minimum Gasteiger partial charge on any atom is -0.480 e. The maximum absolute atomic E-state index is 12.5. The highest BCUT2D eigenvalue weighted by Gasteiger charge is 2.41. The number of nitrogens with zero attached hydrogens (tertiary/aromatic N) is 2. The van der Waals surface area contributed by atoms with Crippen molar-refractivity contribution in [2.45, 2.75) is 52.2 Å². The Morgan fingerprint density at radius 2 is 1.70 bits per heavy atom. The molecule has 0 aromatic carbocycles. The number of aliphatic carboxylic acids is 1. The normalized spacial score (nSPS) is 20.6. The van der Waals surface area contributed by atoms with Crippen LogP contribution in [0.1, 0.15) is 41.0 Å². The van der Waals surface area contributed by atoms with Gasteiger partial charge in [-0.15, -0.1) is 0 Å². The smallest absolute Gasteiger partial charge is 0.323 e. The Balaban J connectivity index is 2.84. The molecule has 0 aromatic heterocycles. The molecule has 0 spiro atoms. The summed E-state index contributed by atoms with van der Waals surface area (Å²) >= 11 is 0. The first-order valence-electron chi connectivity index (χ1n) is 7.02. The van der Waals surface area contributed by atoms with Gasteiger partial charge in [0.2, 0.25) is 0 Å². The van der Waals surface area contributed by atoms with Gasteiger partial charge in [-0.3, -0.25) is 4.79 Å². The van der Waals surface area contributed by atoms with Crippen molar-refractivity contribution in [3.05, 3.63) is 0 Å². The van der Waals surface area contributed by atoms with Gasteiger partial charge in [-0.05, 0) is 34.1 Å². The van der Waals surface area contributed by atoms with Crippen LogP contribution in [0, 0.1) is 0 Å². The zero-order chi connectivity index (χ0) is 15.6. The number of hydrogen-bond acceptors (Lipinski definition) is 3. The second-order valence-electron chi connectivity index (χ2n) is 6.58. The van der Waals surface area contributed by atoms with Crippen molar-refractivity contribution in [1.82, 2.24) is 9.80 Å². The largest absolute Gasteiger partial charge is 0.480 e. The van der Waals surface area contributed by atoms with E-state index in [-0.39, 0.29) is 12.6 Å². The van der Waals surface area contributed by atoms with Crippen LogP contribution in [0.5, 0.6) is 0 Å². The van der Waals surface area contributed by atoms with E-state index < -0.39 is 17.2 Å². The highest BCUT2D eigenvalue weighted by atomic mass is 16.5. The fourth-order valence-electron chi connectivity index (χ4n) is 2.80. The summed E-state index contributed by atoms with van der Waals surface area (Å²) < 4.78 is 5.93. The van der Waals surface area contributed by atoms with Gasteiger partial charge in [0.15, 0.2) is 0 Å². The number of carbonyl (C=O) groups is 2. The second-order valence-corrected chi connectivity index (χ2v) is 6.58. The minimum atomic E-state index is -0.987. The lowest BCUT2D eigenvalue weighted by molar-refractivity contribution is -0.172. The van der Waals surface area contributed by atoms with Crippen molar-refractivity contribution in [3.63, 3.8) is 0 Å². The second kappa shape index (κ2) is 5.99. The van der Waals surface area contributed by atoms with E-state index in [1.54, 1.807) is 4.90 Å². The maximum atomic E-state index is 12.5. The van der Waals surface area contributed by atoms with E-state index in [4.69, 9.17) is 9.84 Å². The molecule has 0 aromatic rings. The van der Waals surface area contributed by atoms with Gasteiger partial charge in [0.25, 0.3) is 0 Å². The van der Waals surface area contributed by atoms with Gasteiger partial charge in [-0.1, -0.05) is 6.92 Å². The molecule has 1 saturated heterocycles. The lowest BCUT2D eigenvalue weighted by Crippen LogP contribution is -2.61. The topological polar surface area (TPSA) is 70.1 Å². The van der Waals surface area contributed by atoms with Crippen LogP contribution >= 0.6 is 0 Å². The summed E-state index contributed by atoms with van der Waals surface area (Å²) in [4.78, 5) is 26.5. The molecule has 6 nitrogen and oxygen atoms in total. The number of urea groups is 1. The molecule has 1 heterocycles. The number of carboxylic acids is 1. The number of hydrogen-bond donors (Lipinski definition) is 1. The van der Waals surface area contributed by atoms with Crippen molar-refractivity contribution in [3.8, 4) is 0 Å². The number of carbonyl (C=O) groups excluding carboxylic acids is 1. The third kappa shape index (κ3) is 4.67. The molecule has 1 aliphatic heterocycles. The first kappa shape index (κ1) is 16.8. The lowest BCUT2D eigenvalue weighted by Gasteiger charge is -2.48. The molecule has 0 unspecified atom stereocenters. The van der Waals surface area contributed by atoms with E-state index in [1.165, 1.54) is 4.90 Å². The number of carboxylic acid groups (broad SMARTS) is 1. The molecule has 1 fully saturated rings. The SMILES string of the molecule is CCCN(CC(=O)O)C(=O)N1CC(C)(C)OC(C)(C)C1. The van der Waals surface area contributed by atoms with Crippen LogP contribution in [0.2, 0.25) is 0 Å². The molecule has 0 bridgehead atoms. The number of amides is 2. The molecule has 6 heteroatoms. The molecule has 116 valence electrons. The Morgan fingerprint density at radius 3 is 2.10 bits per heavy atom. The van der Waals surface area contributed by atoms with Gasteiger partial charge in [0.05, 0.1) is 24.3 Å². The molecular weight excluding hydrogens is 260 g/mol. The van der Waals surface area contributed by atoms with Gasteiger partial charge in [-0.25, -0.2) is 4.79 Å². The van der Waals surface area contributed by atoms with Gasteiger partial charge in [0.1, 0.15) is 6.54 Å². The summed E-state index contributed by atoms with van der Waals surface area (Å²) in [5, 5.41) is 8.93. The van der Waals surface area contributed by atoms with Gasteiger partial charge in [0, 0.05) is 6.54 Å². The van der Waals surface area contributed by atoms with Gasteiger partial charge in [-0.2, -0.15) is 0 Å². The molecular formula is C14H26N2O4. The van der Waals surface area contributed by atoms with Crippen LogP contribution in [-0.4, -0.2) is 64.3 Å². The van der Waals surface area contributed by atoms with Crippen LogP contribution in [0.25, 0.3) is 0 Å². The minimum absolute atomic E-state index is 0.223. The third-order valence-corrected chi connectivity index (χ3v) is 3.06. The standard InChI is InChI=1S/C14H26N2O4/c1-6-7-15(8-11(17)18)12(19)16-9-13(2,3)20-14(4,5)10-16/h6-10H2,1-5H3,(H,17,18). The van der Waals surface area contributed by atoms with Crippen LogP contribution in [0.15, 0.2) is 0 Å². The molecule has 0 radical (unpaired) electrons. The van der Waals surface area contributed by atoms with E-state index in [1.807, 2.05) is 34.6 Å². The monoisotopic (exact) mass is 286 g/mol. The quantitative estimate of drug-likeness (QED) is 0.855. The zero-order valence-corrected chi connectivity index (χ0v) is 13.1. The van der Waals surface area contributed by atoms with Crippen LogP contribution in [-0.2, 0) is 9.53 Å². The predicted octanol–water partition coefficient (Wildman–Crippen LogP) is 1.79. The Bertz CT molecular complexity index is 363. The highest BCUT2D eigenvalue weighted by molar-refractivity contribution is 5.80. The average molecular weight is 286 g/mol. The Hall–Kier alpha value is -1.30. The van der Waals surface area contributed by atoms with E-state index in [9.17, 15) is 9.59 Å². The van der Waals surface area contributed by atoms with E-state index in [0.717, 1.165) is 6.42 Å². The Labute approximate surface area is 120 Å². The van der Waals surface area contributed by atoms with Crippen molar-refractivity contribution in [2.24, 2.45) is 0 Å². The van der Waals surface area contributed by atoms with E-state index in [0.29, 0.717) is 19.6 Å². The molecule has 1 rings (SSSR count). The van der Waals surface area contributed by atoms with Crippen molar-refractivity contribution >= 4 is 12.0 Å². The van der Waals surface area contributed by atoms with Crippen LogP contribution in [0.4, 0.5) is 4.79 Å². The number of ether oxygens (including phenoxy) is 1. The van der Waals surface area contributed by atoms with E-state index >= 15 is 0 Å². The maximum Gasteiger partial charge on any atom is 0.323 e. The molecule has 1 aliphatic rings. The molecule has 0 saturated carbocycles. The van der Waals surface area contributed by atoms with Crippen LogP contribution < -0.4 is 0 Å². The number of rotatable bonds is 4. The van der Waals surface area contributed by atoms with Crippen molar-refractivity contribution in [1.29, 1.82) is 0 Å². The molecule has 0 atom stereocenters.